The van der Waals surface area contributed by atoms with Crippen molar-refractivity contribution in [1.82, 2.24) is 9.55 Å². The van der Waals surface area contributed by atoms with Gasteiger partial charge in [-0.05, 0) is 49.2 Å². The van der Waals surface area contributed by atoms with Crippen LogP contribution in [0.4, 0.5) is 5.69 Å². The van der Waals surface area contributed by atoms with Gasteiger partial charge in [-0.15, -0.1) is 0 Å². The predicted octanol–water partition coefficient (Wildman–Crippen LogP) is 3.56. The summed E-state index contributed by atoms with van der Waals surface area (Å²) in [4.78, 5) is 4.30. The highest BCUT2D eigenvalue weighted by atomic mass is 16.5. The van der Waals surface area contributed by atoms with Crippen molar-refractivity contribution in [2.75, 3.05) is 5.73 Å². The number of nitrogen functional groups attached to an aromatic ring is 1. The second-order valence-electron chi connectivity index (χ2n) is 5.08. The Morgan fingerprint density at radius 3 is 2.45 bits per heavy atom. The van der Waals surface area contributed by atoms with Gasteiger partial charge < -0.3 is 15.0 Å². The topological polar surface area (TPSA) is 53.1 Å². The van der Waals surface area contributed by atoms with E-state index in [1.807, 2.05) is 55.8 Å². The molecule has 0 fully saturated rings. The molecule has 0 atom stereocenters. The van der Waals surface area contributed by atoms with Crippen LogP contribution in [0.15, 0.2) is 36.7 Å². The minimum absolute atomic E-state index is 0.796. The van der Waals surface area contributed by atoms with Crippen LogP contribution in [-0.4, -0.2) is 9.55 Å². The molecule has 4 nitrogen and oxygen atoms in total. The molecule has 1 heterocycles. The number of fused-ring (bicyclic) bond motifs is 1. The van der Waals surface area contributed by atoms with Crippen molar-refractivity contribution in [3.05, 3.63) is 47.8 Å². The molecule has 3 aromatic rings. The number of aromatic nitrogens is 2. The zero-order valence-corrected chi connectivity index (χ0v) is 11.8. The molecule has 0 saturated heterocycles. The fraction of sp³-hybridized carbons (Fsp3) is 0.188. The number of imidazole rings is 1. The van der Waals surface area contributed by atoms with E-state index in [9.17, 15) is 0 Å². The van der Waals surface area contributed by atoms with Crippen molar-refractivity contribution in [3.8, 4) is 11.5 Å². The Hall–Kier alpha value is -2.49. The third-order valence-electron chi connectivity index (χ3n) is 3.50. The number of nitrogens with two attached hydrogens (primary N) is 1. The van der Waals surface area contributed by atoms with Gasteiger partial charge in [0.1, 0.15) is 11.5 Å². The van der Waals surface area contributed by atoms with E-state index in [1.165, 1.54) is 0 Å². The van der Waals surface area contributed by atoms with Gasteiger partial charge in [-0.3, -0.25) is 0 Å². The normalized spacial score (nSPS) is 10.9. The first-order valence-corrected chi connectivity index (χ1v) is 6.50. The van der Waals surface area contributed by atoms with Crippen molar-refractivity contribution in [2.45, 2.75) is 13.8 Å². The zero-order valence-electron chi connectivity index (χ0n) is 11.8. The molecule has 0 aliphatic carbocycles. The molecule has 0 aliphatic heterocycles. The Labute approximate surface area is 117 Å². The van der Waals surface area contributed by atoms with Gasteiger partial charge in [0.25, 0.3) is 0 Å². The van der Waals surface area contributed by atoms with Gasteiger partial charge in [0, 0.05) is 18.8 Å². The van der Waals surface area contributed by atoms with Gasteiger partial charge in [0.05, 0.1) is 17.4 Å². The smallest absolute Gasteiger partial charge is 0.129 e. The number of aryl methyl sites for hydroxylation is 3. The molecule has 4 heteroatoms. The lowest BCUT2D eigenvalue weighted by molar-refractivity contribution is 0.482. The highest BCUT2D eigenvalue weighted by Gasteiger charge is 2.06. The first-order chi connectivity index (χ1) is 9.54. The summed E-state index contributed by atoms with van der Waals surface area (Å²) in [6.07, 6.45) is 1.80. The molecule has 0 spiro atoms. The van der Waals surface area contributed by atoms with E-state index < -0.39 is 0 Å². The molecule has 3 rings (SSSR count). The van der Waals surface area contributed by atoms with Gasteiger partial charge in [-0.2, -0.15) is 0 Å². The number of benzene rings is 2. The van der Waals surface area contributed by atoms with Crippen LogP contribution in [0.2, 0.25) is 0 Å². The minimum atomic E-state index is 0.796. The maximum atomic E-state index is 5.96. The summed E-state index contributed by atoms with van der Waals surface area (Å²) in [7, 11) is 1.97. The van der Waals surface area contributed by atoms with E-state index in [4.69, 9.17) is 10.5 Å². The molecule has 0 bridgehead atoms. The summed E-state index contributed by atoms with van der Waals surface area (Å²) in [5.74, 6) is 1.60. The molecule has 102 valence electrons. The molecule has 0 amide bonds. The summed E-state index contributed by atoms with van der Waals surface area (Å²) in [6, 6.07) is 9.78. The lowest BCUT2D eigenvalue weighted by Crippen LogP contribution is -1.95. The second kappa shape index (κ2) is 4.56. The van der Waals surface area contributed by atoms with Gasteiger partial charge in [-0.25, -0.2) is 4.98 Å². The first kappa shape index (κ1) is 12.5. The predicted molar refractivity (Wildman–Crippen MR) is 81.1 cm³/mol. The van der Waals surface area contributed by atoms with E-state index >= 15 is 0 Å². The maximum absolute atomic E-state index is 5.96. The molecule has 0 unspecified atom stereocenters. The minimum Gasteiger partial charge on any atom is -0.457 e. The van der Waals surface area contributed by atoms with Gasteiger partial charge in [-0.1, -0.05) is 0 Å². The lowest BCUT2D eigenvalue weighted by atomic mass is 10.1. The molecule has 0 saturated carbocycles. The number of ether oxygens (including phenoxy) is 1. The van der Waals surface area contributed by atoms with Crippen molar-refractivity contribution < 1.29 is 4.74 Å². The molecule has 0 aliphatic rings. The van der Waals surface area contributed by atoms with E-state index in [2.05, 4.69) is 4.98 Å². The van der Waals surface area contributed by atoms with Crippen molar-refractivity contribution in [1.29, 1.82) is 0 Å². The van der Waals surface area contributed by atoms with Crippen molar-refractivity contribution in [3.63, 3.8) is 0 Å². The lowest BCUT2D eigenvalue weighted by Gasteiger charge is -2.10. The Morgan fingerprint density at radius 1 is 1.05 bits per heavy atom. The van der Waals surface area contributed by atoms with Crippen LogP contribution in [0.1, 0.15) is 11.1 Å². The van der Waals surface area contributed by atoms with Gasteiger partial charge in [0.2, 0.25) is 0 Å². The van der Waals surface area contributed by atoms with Crippen molar-refractivity contribution in [2.24, 2.45) is 7.05 Å². The molecule has 2 N–H and O–H groups in total. The Bertz CT molecular complexity index is 767. The quantitative estimate of drug-likeness (QED) is 0.722. The van der Waals surface area contributed by atoms with E-state index in [1.54, 1.807) is 6.33 Å². The van der Waals surface area contributed by atoms with Crippen molar-refractivity contribution >= 4 is 16.7 Å². The maximum Gasteiger partial charge on any atom is 0.129 e. The molecule has 0 radical (unpaired) electrons. The molecular formula is C16H17N3O. The third-order valence-corrected chi connectivity index (χ3v) is 3.50. The second-order valence-corrected chi connectivity index (χ2v) is 5.08. The largest absolute Gasteiger partial charge is 0.457 e. The van der Waals surface area contributed by atoms with E-state index in [0.717, 1.165) is 39.3 Å². The Balaban J connectivity index is 1.98. The van der Waals surface area contributed by atoms with Gasteiger partial charge >= 0.3 is 0 Å². The standard InChI is InChI=1S/C16H17N3O/c1-10-6-13(7-11(2)16(10)17)20-12-4-5-14-15(8-12)19(3)9-18-14/h4-9H,17H2,1-3H3. The fourth-order valence-corrected chi connectivity index (χ4v) is 2.30. The Morgan fingerprint density at radius 2 is 1.75 bits per heavy atom. The van der Waals surface area contributed by atoms with E-state index in [-0.39, 0.29) is 0 Å². The summed E-state index contributed by atoms with van der Waals surface area (Å²) in [5.41, 5.74) is 10.8. The number of hydrogen-bond donors (Lipinski definition) is 1. The number of rotatable bonds is 2. The summed E-state index contributed by atoms with van der Waals surface area (Å²) >= 11 is 0. The summed E-state index contributed by atoms with van der Waals surface area (Å²) in [5, 5.41) is 0. The average molecular weight is 267 g/mol. The van der Waals surface area contributed by atoms with Crippen LogP contribution < -0.4 is 10.5 Å². The van der Waals surface area contributed by atoms with Crippen LogP contribution >= 0.6 is 0 Å². The highest BCUT2D eigenvalue weighted by Crippen LogP contribution is 2.29. The van der Waals surface area contributed by atoms with Crippen LogP contribution in [0.5, 0.6) is 11.5 Å². The molecule has 2 aromatic carbocycles. The van der Waals surface area contributed by atoms with E-state index in [0.29, 0.717) is 0 Å². The van der Waals surface area contributed by atoms with Crippen LogP contribution in [0.3, 0.4) is 0 Å². The SMILES string of the molecule is Cc1cc(Oc2ccc3ncn(C)c3c2)cc(C)c1N. The summed E-state index contributed by atoms with van der Waals surface area (Å²) < 4.78 is 7.90. The highest BCUT2D eigenvalue weighted by molar-refractivity contribution is 5.77. The summed E-state index contributed by atoms with van der Waals surface area (Å²) in [6.45, 7) is 3.97. The monoisotopic (exact) mass is 267 g/mol. The molecule has 1 aromatic heterocycles. The first-order valence-electron chi connectivity index (χ1n) is 6.50. The number of hydrogen-bond acceptors (Lipinski definition) is 3. The third kappa shape index (κ3) is 2.09. The number of anilines is 1. The van der Waals surface area contributed by atoms with Gasteiger partial charge in [0.15, 0.2) is 0 Å². The molecular weight excluding hydrogens is 250 g/mol. The zero-order chi connectivity index (χ0) is 14.3. The van der Waals surface area contributed by atoms with Crippen LogP contribution in [-0.2, 0) is 7.05 Å². The molecule has 20 heavy (non-hydrogen) atoms. The van der Waals surface area contributed by atoms with Crippen LogP contribution in [0.25, 0.3) is 11.0 Å². The fourth-order valence-electron chi connectivity index (χ4n) is 2.30. The number of nitrogens with zero attached hydrogens (tertiary/aromatic N) is 2. The van der Waals surface area contributed by atoms with Crippen LogP contribution in [0, 0.1) is 13.8 Å². The Kier molecular flexibility index (Phi) is 2.86. The average Bonchev–Trinajstić information content (AvgIpc) is 2.77.